The van der Waals surface area contributed by atoms with Gasteiger partial charge in [-0.15, -0.1) is 0 Å². The Labute approximate surface area is 202 Å². The number of aryl methyl sites for hydroxylation is 1. The zero-order chi connectivity index (χ0) is 24.7. The molecule has 3 aliphatic rings. The van der Waals surface area contributed by atoms with Gasteiger partial charge < -0.3 is 9.80 Å². The summed E-state index contributed by atoms with van der Waals surface area (Å²) in [5, 5.41) is 11.8. The summed E-state index contributed by atoms with van der Waals surface area (Å²) in [5.74, 6) is -1.69. The number of halogens is 1. The molecule has 2 saturated heterocycles. The number of nitrogens with zero attached hydrogens (tertiary/aromatic N) is 4. The van der Waals surface area contributed by atoms with Gasteiger partial charge in [0.05, 0.1) is 11.6 Å². The molecule has 8 nitrogen and oxygen atoms in total. The number of hydrogen-bond acceptors (Lipinski definition) is 6. The Kier molecular flexibility index (Phi) is 5.99. The van der Waals surface area contributed by atoms with Gasteiger partial charge in [-0.05, 0) is 42.7 Å². The van der Waals surface area contributed by atoms with Crippen LogP contribution in [0.2, 0.25) is 0 Å². The van der Waals surface area contributed by atoms with Crippen molar-refractivity contribution in [2.45, 2.75) is 38.9 Å². The van der Waals surface area contributed by atoms with Crippen molar-refractivity contribution in [3.05, 3.63) is 64.0 Å². The fraction of sp³-hybridized carbons (Fsp3) is 0.385. The number of amides is 3. The van der Waals surface area contributed by atoms with Crippen LogP contribution in [0.15, 0.2) is 30.3 Å². The van der Waals surface area contributed by atoms with Gasteiger partial charge in [0.15, 0.2) is 0 Å². The fourth-order valence-electron chi connectivity index (χ4n) is 5.21. The minimum Gasteiger partial charge on any atom is -0.369 e. The van der Waals surface area contributed by atoms with Gasteiger partial charge in [-0.2, -0.15) is 5.26 Å². The number of imide groups is 1. The van der Waals surface area contributed by atoms with Crippen molar-refractivity contribution in [2.24, 2.45) is 0 Å². The Morgan fingerprint density at radius 2 is 1.89 bits per heavy atom. The first-order valence-electron chi connectivity index (χ1n) is 11.8. The number of hydrogen-bond donors (Lipinski definition) is 1. The van der Waals surface area contributed by atoms with Crippen molar-refractivity contribution in [1.82, 2.24) is 15.1 Å². The largest absolute Gasteiger partial charge is 0.369 e. The van der Waals surface area contributed by atoms with Crippen molar-refractivity contribution in [1.29, 1.82) is 5.26 Å². The van der Waals surface area contributed by atoms with E-state index in [4.69, 9.17) is 0 Å². The number of rotatable bonds is 4. The fourth-order valence-corrected chi connectivity index (χ4v) is 5.21. The molecule has 9 heteroatoms. The van der Waals surface area contributed by atoms with Gasteiger partial charge in [0.1, 0.15) is 11.9 Å². The zero-order valence-electron chi connectivity index (χ0n) is 19.5. The quantitative estimate of drug-likeness (QED) is 0.681. The van der Waals surface area contributed by atoms with Crippen LogP contribution in [-0.2, 0) is 22.7 Å². The van der Waals surface area contributed by atoms with E-state index in [-0.39, 0.29) is 36.8 Å². The molecule has 3 amide bonds. The lowest BCUT2D eigenvalue weighted by molar-refractivity contribution is -0.136. The minimum atomic E-state index is -0.732. The van der Waals surface area contributed by atoms with Gasteiger partial charge in [0.25, 0.3) is 5.91 Å². The molecule has 1 unspecified atom stereocenters. The smallest absolute Gasteiger partial charge is 0.255 e. The summed E-state index contributed by atoms with van der Waals surface area (Å²) in [6, 6.07) is 10.1. The van der Waals surface area contributed by atoms with Crippen LogP contribution in [-0.4, -0.2) is 59.7 Å². The van der Waals surface area contributed by atoms with E-state index in [2.05, 4.69) is 21.2 Å². The third-order valence-electron chi connectivity index (χ3n) is 7.09. The van der Waals surface area contributed by atoms with Crippen LogP contribution in [0.3, 0.4) is 0 Å². The van der Waals surface area contributed by atoms with E-state index >= 15 is 0 Å². The number of benzene rings is 2. The second-order valence-corrected chi connectivity index (χ2v) is 9.39. The SMILES string of the molecule is Cc1ccc(CN2CCN(c3cc(F)cc4c3CN(C3CCC(=O)NC3=O)C4=O)CC2)c(C#N)c1. The molecule has 2 fully saturated rings. The second-order valence-electron chi connectivity index (χ2n) is 9.39. The van der Waals surface area contributed by atoms with Crippen molar-refractivity contribution < 1.29 is 18.8 Å². The Morgan fingerprint density at radius 3 is 2.60 bits per heavy atom. The van der Waals surface area contributed by atoms with Gasteiger partial charge in [-0.3, -0.25) is 24.6 Å². The summed E-state index contributed by atoms with van der Waals surface area (Å²) in [6.45, 7) is 5.61. The van der Waals surface area contributed by atoms with Crippen molar-refractivity contribution in [3.8, 4) is 6.07 Å². The predicted octanol–water partition coefficient (Wildman–Crippen LogP) is 2.09. The number of carbonyl (C=O) groups excluding carboxylic acids is 3. The van der Waals surface area contributed by atoms with E-state index in [1.807, 2.05) is 25.1 Å². The molecule has 5 rings (SSSR count). The summed E-state index contributed by atoms with van der Waals surface area (Å²) >= 11 is 0. The molecule has 1 N–H and O–H groups in total. The molecule has 0 saturated carbocycles. The highest BCUT2D eigenvalue weighted by Crippen LogP contribution is 2.35. The molecule has 35 heavy (non-hydrogen) atoms. The first-order valence-corrected chi connectivity index (χ1v) is 11.8. The maximum Gasteiger partial charge on any atom is 0.255 e. The molecule has 0 aliphatic carbocycles. The summed E-state index contributed by atoms with van der Waals surface area (Å²) in [4.78, 5) is 42.8. The van der Waals surface area contributed by atoms with Gasteiger partial charge in [0.2, 0.25) is 11.8 Å². The van der Waals surface area contributed by atoms with E-state index in [0.717, 1.165) is 29.8 Å². The van der Waals surface area contributed by atoms with Crippen LogP contribution in [0.25, 0.3) is 0 Å². The number of piperazine rings is 1. The van der Waals surface area contributed by atoms with Crippen molar-refractivity contribution in [3.63, 3.8) is 0 Å². The normalized spacial score (nSPS) is 20.6. The van der Waals surface area contributed by atoms with Crippen LogP contribution in [0.5, 0.6) is 0 Å². The Morgan fingerprint density at radius 1 is 1.11 bits per heavy atom. The van der Waals surface area contributed by atoms with E-state index in [1.54, 1.807) is 0 Å². The lowest BCUT2D eigenvalue weighted by Gasteiger charge is -2.37. The summed E-state index contributed by atoms with van der Waals surface area (Å²) in [7, 11) is 0. The molecular formula is C26H26FN5O3. The zero-order valence-corrected chi connectivity index (χ0v) is 19.5. The molecule has 0 spiro atoms. The average Bonchev–Trinajstić information content (AvgIpc) is 3.16. The molecular weight excluding hydrogens is 449 g/mol. The number of anilines is 1. The van der Waals surface area contributed by atoms with E-state index in [9.17, 15) is 24.0 Å². The summed E-state index contributed by atoms with van der Waals surface area (Å²) < 4.78 is 14.6. The van der Waals surface area contributed by atoms with Crippen LogP contribution >= 0.6 is 0 Å². The molecule has 0 radical (unpaired) electrons. The van der Waals surface area contributed by atoms with Crippen LogP contribution in [0, 0.1) is 24.1 Å². The number of carbonyl (C=O) groups is 3. The highest BCUT2D eigenvalue weighted by Gasteiger charge is 2.41. The molecule has 3 heterocycles. The minimum absolute atomic E-state index is 0.175. The maximum absolute atomic E-state index is 14.6. The monoisotopic (exact) mass is 475 g/mol. The van der Waals surface area contributed by atoms with Crippen molar-refractivity contribution >= 4 is 23.4 Å². The van der Waals surface area contributed by atoms with E-state index < -0.39 is 17.8 Å². The third-order valence-corrected chi connectivity index (χ3v) is 7.09. The molecule has 180 valence electrons. The standard InChI is InChI=1S/C26H26FN5O3/c1-16-2-3-17(18(10-16)13-28)14-30-6-8-31(9-7-30)23-12-19(27)11-20-21(23)15-32(26(20)35)22-4-5-24(33)29-25(22)34/h2-3,10-12,22H,4-9,14-15H2,1H3,(H,29,33,34). The Bertz CT molecular complexity index is 1260. The lowest BCUT2D eigenvalue weighted by Crippen LogP contribution is -2.52. The number of fused-ring (bicyclic) bond motifs is 1. The third kappa shape index (κ3) is 4.37. The van der Waals surface area contributed by atoms with Gasteiger partial charge in [0, 0.05) is 62.5 Å². The topological polar surface area (TPSA) is 96.8 Å². The van der Waals surface area contributed by atoms with Gasteiger partial charge >= 0.3 is 0 Å². The van der Waals surface area contributed by atoms with Crippen molar-refractivity contribution in [2.75, 3.05) is 31.1 Å². The number of nitriles is 1. The van der Waals surface area contributed by atoms with Gasteiger partial charge in [-0.1, -0.05) is 12.1 Å². The maximum atomic E-state index is 14.6. The number of nitrogens with one attached hydrogen (secondary N) is 1. The van der Waals surface area contributed by atoms with E-state index in [0.29, 0.717) is 30.9 Å². The highest BCUT2D eigenvalue weighted by molar-refractivity contribution is 6.06. The van der Waals surface area contributed by atoms with E-state index in [1.165, 1.54) is 17.0 Å². The average molecular weight is 476 g/mol. The van der Waals surface area contributed by atoms with Crippen LogP contribution in [0.4, 0.5) is 10.1 Å². The molecule has 2 aromatic rings. The molecule has 0 aromatic heterocycles. The molecule has 2 aromatic carbocycles. The molecule has 0 bridgehead atoms. The Hall–Kier alpha value is -3.77. The lowest BCUT2D eigenvalue weighted by atomic mass is 10.0. The van der Waals surface area contributed by atoms with Crippen LogP contribution in [0.1, 0.15) is 45.5 Å². The van der Waals surface area contributed by atoms with Crippen LogP contribution < -0.4 is 10.2 Å². The summed E-state index contributed by atoms with van der Waals surface area (Å²) in [6.07, 6.45) is 0.443. The second kappa shape index (κ2) is 9.12. The highest BCUT2D eigenvalue weighted by atomic mass is 19.1. The molecule has 1 atom stereocenters. The predicted molar refractivity (Wildman–Crippen MR) is 126 cm³/mol. The molecule has 3 aliphatic heterocycles. The first kappa shape index (κ1) is 23.0. The first-order chi connectivity index (χ1) is 16.8. The van der Waals surface area contributed by atoms with Gasteiger partial charge in [-0.25, -0.2) is 4.39 Å². The Balaban J connectivity index is 1.31. The number of piperidine rings is 1. The summed E-state index contributed by atoms with van der Waals surface area (Å²) in [5.41, 5.74) is 4.41.